The predicted octanol–water partition coefficient (Wildman–Crippen LogP) is 1.72. The van der Waals surface area contributed by atoms with Gasteiger partial charge in [-0.3, -0.25) is 4.79 Å². The Labute approximate surface area is 81.4 Å². The lowest BCUT2D eigenvalue weighted by Gasteiger charge is -2.07. The molecule has 0 aliphatic carbocycles. The molecule has 82 valence electrons. The summed E-state index contributed by atoms with van der Waals surface area (Å²) in [5.41, 5.74) is 0. The summed E-state index contributed by atoms with van der Waals surface area (Å²) >= 11 is 0. The average molecular weight is 208 g/mol. The first-order valence-electron chi connectivity index (χ1n) is 4.24. The molecule has 0 spiro atoms. The first-order chi connectivity index (χ1) is 6.52. The number of aliphatic hydroxyl groups is 1. The molecule has 0 aromatic carbocycles. The van der Waals surface area contributed by atoms with Crippen LogP contribution >= 0.6 is 0 Å². The van der Waals surface area contributed by atoms with Crippen LogP contribution in [0.2, 0.25) is 0 Å². The van der Waals surface area contributed by atoms with Crippen LogP contribution in [0.4, 0.5) is 8.78 Å². The summed E-state index contributed by atoms with van der Waals surface area (Å²) in [6.07, 6.45) is -0.0470. The number of carbonyl (C=O) groups is 1. The molecule has 0 aliphatic heterocycles. The Hall–Kier alpha value is -0.970. The Bertz CT molecular complexity index is 226. The highest BCUT2D eigenvalue weighted by molar-refractivity contribution is 5.71. The molecule has 3 nitrogen and oxygen atoms in total. The second-order valence-corrected chi connectivity index (χ2v) is 2.93. The number of esters is 1. The molecule has 0 saturated heterocycles. The van der Waals surface area contributed by atoms with Crippen LogP contribution in [0.5, 0.6) is 0 Å². The molecule has 0 rings (SSSR count). The average Bonchev–Trinajstić information content (AvgIpc) is 2.22. The number of aliphatic hydroxyl groups excluding tert-OH is 1. The second-order valence-electron chi connectivity index (χ2n) is 2.93. The van der Waals surface area contributed by atoms with Crippen molar-refractivity contribution in [2.75, 3.05) is 13.7 Å². The van der Waals surface area contributed by atoms with Crippen molar-refractivity contribution >= 4 is 5.97 Å². The van der Waals surface area contributed by atoms with Gasteiger partial charge in [-0.05, 0) is 6.42 Å². The molecule has 0 aromatic heterocycles. The van der Waals surface area contributed by atoms with Crippen molar-refractivity contribution < 1.29 is 23.4 Å². The molecule has 14 heavy (non-hydrogen) atoms. The Morgan fingerprint density at radius 3 is 2.43 bits per heavy atom. The van der Waals surface area contributed by atoms with Crippen molar-refractivity contribution in [2.45, 2.75) is 19.8 Å². The van der Waals surface area contributed by atoms with E-state index in [0.29, 0.717) is 0 Å². The highest BCUT2D eigenvalue weighted by Gasteiger charge is 2.14. The first kappa shape index (κ1) is 13.0. The van der Waals surface area contributed by atoms with Gasteiger partial charge in [-0.25, -0.2) is 8.78 Å². The van der Waals surface area contributed by atoms with E-state index in [4.69, 9.17) is 5.11 Å². The SMILES string of the molecule is COC(=O)C(C)CC/C(F)=C(/F)CO. The molecule has 0 amide bonds. The zero-order valence-electron chi connectivity index (χ0n) is 8.22. The summed E-state index contributed by atoms with van der Waals surface area (Å²) < 4.78 is 29.5. The maximum atomic E-state index is 12.7. The van der Waals surface area contributed by atoms with Gasteiger partial charge < -0.3 is 9.84 Å². The fraction of sp³-hybridized carbons (Fsp3) is 0.667. The van der Waals surface area contributed by atoms with Gasteiger partial charge in [0.05, 0.1) is 19.6 Å². The van der Waals surface area contributed by atoms with E-state index >= 15 is 0 Å². The zero-order valence-corrected chi connectivity index (χ0v) is 8.22. The number of methoxy groups -OCH3 is 1. The minimum atomic E-state index is -1.18. The lowest BCUT2D eigenvalue weighted by molar-refractivity contribution is -0.145. The third-order valence-corrected chi connectivity index (χ3v) is 1.83. The molecule has 0 heterocycles. The van der Waals surface area contributed by atoms with E-state index in [-0.39, 0.29) is 12.8 Å². The normalized spacial score (nSPS) is 14.6. The summed E-state index contributed by atoms with van der Waals surface area (Å²) in [4.78, 5) is 10.9. The summed E-state index contributed by atoms with van der Waals surface area (Å²) in [7, 11) is 1.24. The number of allylic oxidation sites excluding steroid dienone is 1. The molecular weight excluding hydrogens is 194 g/mol. The van der Waals surface area contributed by atoms with E-state index in [0.717, 1.165) is 0 Å². The topological polar surface area (TPSA) is 46.5 Å². The van der Waals surface area contributed by atoms with E-state index < -0.39 is 30.1 Å². The van der Waals surface area contributed by atoms with Crippen LogP contribution in [0.15, 0.2) is 11.7 Å². The van der Waals surface area contributed by atoms with E-state index in [9.17, 15) is 13.6 Å². The molecular formula is C9H14F2O3. The van der Waals surface area contributed by atoms with Crippen LogP contribution in [0.3, 0.4) is 0 Å². The van der Waals surface area contributed by atoms with Gasteiger partial charge in [0.2, 0.25) is 0 Å². The summed E-state index contributed by atoms with van der Waals surface area (Å²) in [5, 5.41) is 8.26. The van der Waals surface area contributed by atoms with Crippen LogP contribution in [-0.2, 0) is 9.53 Å². The van der Waals surface area contributed by atoms with Crippen molar-refractivity contribution in [1.29, 1.82) is 0 Å². The van der Waals surface area contributed by atoms with Crippen LogP contribution in [0.25, 0.3) is 0 Å². The van der Waals surface area contributed by atoms with E-state index in [1.165, 1.54) is 7.11 Å². The molecule has 0 aromatic rings. The van der Waals surface area contributed by atoms with E-state index in [1.54, 1.807) is 6.92 Å². The largest absolute Gasteiger partial charge is 0.469 e. The Morgan fingerprint density at radius 2 is 2.00 bits per heavy atom. The van der Waals surface area contributed by atoms with Crippen LogP contribution in [-0.4, -0.2) is 24.8 Å². The van der Waals surface area contributed by atoms with Gasteiger partial charge in [0.1, 0.15) is 5.83 Å². The van der Waals surface area contributed by atoms with Crippen molar-refractivity contribution in [1.82, 2.24) is 0 Å². The lowest BCUT2D eigenvalue weighted by atomic mass is 10.1. The Balaban J connectivity index is 4.00. The fourth-order valence-corrected chi connectivity index (χ4v) is 0.884. The second kappa shape index (κ2) is 6.48. The number of hydrogen-bond acceptors (Lipinski definition) is 3. The first-order valence-corrected chi connectivity index (χ1v) is 4.24. The maximum absolute atomic E-state index is 12.7. The monoisotopic (exact) mass is 208 g/mol. The molecule has 1 atom stereocenters. The van der Waals surface area contributed by atoms with Crippen molar-refractivity contribution in [3.63, 3.8) is 0 Å². The molecule has 0 bridgehead atoms. The number of hydrogen-bond donors (Lipinski definition) is 1. The Morgan fingerprint density at radius 1 is 1.43 bits per heavy atom. The van der Waals surface area contributed by atoms with Crippen molar-refractivity contribution in [2.24, 2.45) is 5.92 Å². The highest BCUT2D eigenvalue weighted by Crippen LogP contribution is 2.17. The molecule has 0 radical (unpaired) electrons. The van der Waals surface area contributed by atoms with Gasteiger partial charge in [0.25, 0.3) is 0 Å². The van der Waals surface area contributed by atoms with Crippen LogP contribution < -0.4 is 0 Å². The molecule has 0 fully saturated rings. The van der Waals surface area contributed by atoms with Crippen molar-refractivity contribution in [3.05, 3.63) is 11.7 Å². The third-order valence-electron chi connectivity index (χ3n) is 1.83. The predicted molar refractivity (Wildman–Crippen MR) is 46.7 cm³/mol. The molecule has 0 saturated carbocycles. The fourth-order valence-electron chi connectivity index (χ4n) is 0.884. The Kier molecular flexibility index (Phi) is 6.03. The van der Waals surface area contributed by atoms with Gasteiger partial charge in [0, 0.05) is 6.42 Å². The van der Waals surface area contributed by atoms with Gasteiger partial charge in [-0.2, -0.15) is 0 Å². The summed E-state index contributed by atoms with van der Waals surface area (Å²) in [6, 6.07) is 0. The summed E-state index contributed by atoms with van der Waals surface area (Å²) in [6.45, 7) is 0.619. The highest BCUT2D eigenvalue weighted by atomic mass is 19.2. The quantitative estimate of drug-likeness (QED) is 0.700. The van der Waals surface area contributed by atoms with Gasteiger partial charge in [-0.1, -0.05) is 6.92 Å². The minimum absolute atomic E-state index is 0.159. The maximum Gasteiger partial charge on any atom is 0.308 e. The number of halogens is 2. The smallest absolute Gasteiger partial charge is 0.308 e. The molecule has 0 aliphatic rings. The molecule has 1 N–H and O–H groups in total. The minimum Gasteiger partial charge on any atom is -0.469 e. The van der Waals surface area contributed by atoms with Gasteiger partial charge in [0.15, 0.2) is 5.83 Å². The molecule has 5 heteroatoms. The lowest BCUT2D eigenvalue weighted by Crippen LogP contribution is -2.12. The van der Waals surface area contributed by atoms with Gasteiger partial charge in [-0.15, -0.1) is 0 Å². The summed E-state index contributed by atoms with van der Waals surface area (Å²) in [5.74, 6) is -3.12. The van der Waals surface area contributed by atoms with E-state index in [2.05, 4.69) is 4.74 Å². The van der Waals surface area contributed by atoms with Gasteiger partial charge >= 0.3 is 5.97 Å². The molecule has 1 unspecified atom stereocenters. The van der Waals surface area contributed by atoms with E-state index in [1.807, 2.05) is 0 Å². The number of rotatable bonds is 5. The zero-order chi connectivity index (χ0) is 11.1. The van der Waals surface area contributed by atoms with Crippen LogP contribution in [0.1, 0.15) is 19.8 Å². The number of carbonyl (C=O) groups excluding carboxylic acids is 1. The van der Waals surface area contributed by atoms with Crippen LogP contribution in [0, 0.1) is 5.92 Å². The third kappa shape index (κ3) is 4.32. The number of ether oxygens (including phenoxy) is 1. The standard InChI is InChI=1S/C9H14F2O3/c1-6(9(13)14-2)3-4-7(10)8(11)5-12/h6,12H,3-5H2,1-2H3/b8-7-. The van der Waals surface area contributed by atoms with Crippen molar-refractivity contribution in [3.8, 4) is 0 Å².